The van der Waals surface area contributed by atoms with Crippen molar-refractivity contribution in [1.29, 1.82) is 0 Å². The molecule has 0 unspecified atom stereocenters. The summed E-state index contributed by atoms with van der Waals surface area (Å²) in [6, 6.07) is 0. The average molecular weight is 212 g/mol. The molecule has 2 rings (SSSR count). The van der Waals surface area contributed by atoms with Gasteiger partial charge in [0.15, 0.2) is 0 Å². The minimum atomic E-state index is 0.634. The van der Waals surface area contributed by atoms with Gasteiger partial charge in [0, 0.05) is 30.7 Å². The first-order valence-electron chi connectivity index (χ1n) is 4.93. The second-order valence-corrected chi connectivity index (χ2v) is 3.96. The average Bonchev–Trinajstić information content (AvgIpc) is 2.65. The molecule has 0 spiro atoms. The van der Waals surface area contributed by atoms with E-state index in [9.17, 15) is 0 Å². The predicted molar refractivity (Wildman–Crippen MR) is 58.0 cm³/mol. The van der Waals surface area contributed by atoms with Crippen LogP contribution in [0.4, 0.5) is 5.82 Å². The van der Waals surface area contributed by atoms with Crippen molar-refractivity contribution in [3.05, 3.63) is 17.6 Å². The number of anilines is 1. The van der Waals surface area contributed by atoms with E-state index >= 15 is 0 Å². The first-order chi connectivity index (χ1) is 6.83. The molecule has 1 aliphatic rings. The lowest BCUT2D eigenvalue weighted by atomic mass is 10.2. The number of aromatic nitrogens is 2. The third kappa shape index (κ3) is 1.69. The summed E-state index contributed by atoms with van der Waals surface area (Å²) >= 11 is 5.71. The first kappa shape index (κ1) is 9.71. The molecule has 0 aliphatic heterocycles. The number of halogens is 1. The van der Waals surface area contributed by atoms with Gasteiger partial charge in [-0.2, -0.15) is 0 Å². The highest BCUT2D eigenvalue weighted by molar-refractivity contribution is 6.18. The second kappa shape index (κ2) is 4.13. The first-order valence-corrected chi connectivity index (χ1v) is 5.46. The minimum Gasteiger partial charge on any atom is -0.358 e. The van der Waals surface area contributed by atoms with Crippen LogP contribution in [0.15, 0.2) is 6.33 Å². The number of aryl methyl sites for hydroxylation is 1. The van der Waals surface area contributed by atoms with Gasteiger partial charge in [0.05, 0.1) is 0 Å². The van der Waals surface area contributed by atoms with Gasteiger partial charge in [0.2, 0.25) is 0 Å². The molecule has 1 heterocycles. The number of hydrogen-bond donors (Lipinski definition) is 0. The summed E-state index contributed by atoms with van der Waals surface area (Å²) in [6.45, 7) is 0.838. The SMILES string of the molecule is CN(CCCl)c1ncnc2c1CCC2. The zero-order chi connectivity index (χ0) is 9.97. The van der Waals surface area contributed by atoms with Crippen molar-refractivity contribution in [2.75, 3.05) is 24.4 Å². The third-order valence-corrected chi connectivity index (χ3v) is 2.80. The molecular weight excluding hydrogens is 198 g/mol. The normalized spacial score (nSPS) is 14.1. The molecule has 14 heavy (non-hydrogen) atoms. The van der Waals surface area contributed by atoms with Crippen LogP contribution in [0, 0.1) is 0 Å². The lowest BCUT2D eigenvalue weighted by Gasteiger charge is -2.19. The third-order valence-electron chi connectivity index (χ3n) is 2.63. The van der Waals surface area contributed by atoms with E-state index in [0.29, 0.717) is 5.88 Å². The summed E-state index contributed by atoms with van der Waals surface area (Å²) < 4.78 is 0. The van der Waals surface area contributed by atoms with Crippen LogP contribution in [0.2, 0.25) is 0 Å². The molecule has 0 N–H and O–H groups in total. The molecule has 0 saturated heterocycles. The maximum Gasteiger partial charge on any atom is 0.135 e. The zero-order valence-electron chi connectivity index (χ0n) is 8.33. The van der Waals surface area contributed by atoms with E-state index in [2.05, 4.69) is 14.9 Å². The van der Waals surface area contributed by atoms with Crippen LogP contribution in [0.25, 0.3) is 0 Å². The highest BCUT2D eigenvalue weighted by Gasteiger charge is 2.18. The minimum absolute atomic E-state index is 0.634. The molecule has 0 amide bonds. The van der Waals surface area contributed by atoms with Crippen LogP contribution in [0.3, 0.4) is 0 Å². The summed E-state index contributed by atoms with van der Waals surface area (Å²) in [4.78, 5) is 10.7. The number of nitrogens with zero attached hydrogens (tertiary/aromatic N) is 3. The summed E-state index contributed by atoms with van der Waals surface area (Å²) in [5.41, 5.74) is 2.54. The van der Waals surface area contributed by atoms with E-state index in [-0.39, 0.29) is 0 Å². The van der Waals surface area contributed by atoms with E-state index < -0.39 is 0 Å². The highest BCUT2D eigenvalue weighted by atomic mass is 35.5. The van der Waals surface area contributed by atoms with Crippen LogP contribution in [0.1, 0.15) is 17.7 Å². The molecular formula is C10H14ClN3. The van der Waals surface area contributed by atoms with Crippen LogP contribution < -0.4 is 4.90 Å². The predicted octanol–water partition coefficient (Wildman–Crippen LogP) is 1.64. The van der Waals surface area contributed by atoms with Gasteiger partial charge in [0.25, 0.3) is 0 Å². The fraction of sp³-hybridized carbons (Fsp3) is 0.600. The van der Waals surface area contributed by atoms with Gasteiger partial charge in [-0.05, 0) is 19.3 Å². The topological polar surface area (TPSA) is 29.0 Å². The largest absolute Gasteiger partial charge is 0.358 e. The second-order valence-electron chi connectivity index (χ2n) is 3.59. The van der Waals surface area contributed by atoms with Gasteiger partial charge in [-0.3, -0.25) is 0 Å². The van der Waals surface area contributed by atoms with Crippen LogP contribution >= 0.6 is 11.6 Å². The van der Waals surface area contributed by atoms with Crippen LogP contribution in [-0.4, -0.2) is 29.4 Å². The van der Waals surface area contributed by atoms with Crippen LogP contribution in [0.5, 0.6) is 0 Å². The molecule has 0 atom stereocenters. The van der Waals surface area contributed by atoms with E-state index in [0.717, 1.165) is 25.2 Å². The van der Waals surface area contributed by atoms with Crippen molar-refractivity contribution in [3.63, 3.8) is 0 Å². The number of rotatable bonds is 3. The molecule has 0 fully saturated rings. The maximum absolute atomic E-state index is 5.71. The van der Waals surface area contributed by atoms with Crippen molar-refractivity contribution in [3.8, 4) is 0 Å². The Morgan fingerprint density at radius 1 is 1.43 bits per heavy atom. The van der Waals surface area contributed by atoms with Gasteiger partial charge < -0.3 is 4.90 Å². The molecule has 0 bridgehead atoms. The Labute approximate surface area is 89.1 Å². The van der Waals surface area contributed by atoms with Crippen molar-refractivity contribution in [2.24, 2.45) is 0 Å². The molecule has 3 nitrogen and oxygen atoms in total. The summed E-state index contributed by atoms with van der Waals surface area (Å²) in [5, 5.41) is 0. The van der Waals surface area contributed by atoms with Gasteiger partial charge in [-0.15, -0.1) is 11.6 Å². The maximum atomic E-state index is 5.71. The van der Waals surface area contributed by atoms with Crippen molar-refractivity contribution in [2.45, 2.75) is 19.3 Å². The highest BCUT2D eigenvalue weighted by Crippen LogP contribution is 2.26. The standard InChI is InChI=1S/C10H14ClN3/c1-14(6-5-11)10-8-3-2-4-9(8)12-7-13-10/h7H,2-6H2,1H3. The monoisotopic (exact) mass is 211 g/mol. The van der Waals surface area contributed by atoms with Gasteiger partial charge in [0.1, 0.15) is 12.1 Å². The molecule has 1 aromatic heterocycles. The molecule has 1 aliphatic carbocycles. The number of fused-ring (bicyclic) bond motifs is 1. The van der Waals surface area contributed by atoms with Crippen molar-refractivity contribution in [1.82, 2.24) is 9.97 Å². The fourth-order valence-corrected chi connectivity index (χ4v) is 2.16. The fourth-order valence-electron chi connectivity index (χ4n) is 1.90. The van der Waals surface area contributed by atoms with E-state index in [4.69, 9.17) is 11.6 Å². The van der Waals surface area contributed by atoms with Gasteiger partial charge in [-0.25, -0.2) is 9.97 Å². The molecule has 76 valence electrons. The van der Waals surface area contributed by atoms with Gasteiger partial charge >= 0.3 is 0 Å². The molecule has 0 radical (unpaired) electrons. The number of alkyl halides is 1. The summed E-state index contributed by atoms with van der Waals surface area (Å²) in [6.07, 6.45) is 5.07. The zero-order valence-corrected chi connectivity index (χ0v) is 9.09. The molecule has 0 aromatic carbocycles. The van der Waals surface area contributed by atoms with E-state index in [1.807, 2.05) is 7.05 Å². The molecule has 1 aromatic rings. The Morgan fingerprint density at radius 3 is 3.07 bits per heavy atom. The van der Waals surface area contributed by atoms with E-state index in [1.165, 1.54) is 17.7 Å². The molecule has 4 heteroatoms. The Balaban J connectivity index is 2.29. The lowest BCUT2D eigenvalue weighted by molar-refractivity contribution is 0.893. The summed E-state index contributed by atoms with van der Waals surface area (Å²) in [7, 11) is 2.03. The quantitative estimate of drug-likeness (QED) is 0.712. The van der Waals surface area contributed by atoms with E-state index in [1.54, 1.807) is 6.33 Å². The van der Waals surface area contributed by atoms with Crippen molar-refractivity contribution >= 4 is 17.4 Å². The molecule has 0 saturated carbocycles. The van der Waals surface area contributed by atoms with Gasteiger partial charge in [-0.1, -0.05) is 0 Å². The Morgan fingerprint density at radius 2 is 2.29 bits per heavy atom. The number of hydrogen-bond acceptors (Lipinski definition) is 3. The summed E-state index contributed by atoms with van der Waals surface area (Å²) in [5.74, 6) is 1.70. The smallest absolute Gasteiger partial charge is 0.135 e. The lowest BCUT2D eigenvalue weighted by Crippen LogP contribution is -2.22. The Kier molecular flexibility index (Phi) is 2.87. The van der Waals surface area contributed by atoms with Crippen LogP contribution in [-0.2, 0) is 12.8 Å². The Bertz CT molecular complexity index is 327. The van der Waals surface area contributed by atoms with Crippen molar-refractivity contribution < 1.29 is 0 Å². The Hall–Kier alpha value is -0.830.